The number of anilines is 3. The Morgan fingerprint density at radius 1 is 1.11 bits per heavy atom. The first-order chi connectivity index (χ1) is 17.1. The number of pyridine rings is 1. The number of rotatable bonds is 7. The van der Waals surface area contributed by atoms with Crippen LogP contribution in [0.5, 0.6) is 0 Å². The minimum absolute atomic E-state index is 0.368. The van der Waals surface area contributed by atoms with Gasteiger partial charge in [0.1, 0.15) is 0 Å². The number of aromatic carboxylic acids is 1. The van der Waals surface area contributed by atoms with Gasteiger partial charge in [0.2, 0.25) is 0 Å². The minimum Gasteiger partial charge on any atom is -0.478 e. The first-order valence-corrected chi connectivity index (χ1v) is 12.6. The molecule has 3 aromatic rings. The molecule has 6 heteroatoms. The van der Waals surface area contributed by atoms with Gasteiger partial charge >= 0.3 is 5.97 Å². The molecule has 6 nitrogen and oxygen atoms in total. The van der Waals surface area contributed by atoms with Crippen LogP contribution in [0.25, 0.3) is 0 Å². The van der Waals surface area contributed by atoms with Gasteiger partial charge in [-0.15, -0.1) is 0 Å². The Morgan fingerprint density at radius 2 is 1.89 bits per heavy atom. The summed E-state index contributed by atoms with van der Waals surface area (Å²) < 4.78 is 5.47. The summed E-state index contributed by atoms with van der Waals surface area (Å²) >= 11 is 0. The van der Waals surface area contributed by atoms with Gasteiger partial charge in [0, 0.05) is 49.6 Å². The highest BCUT2D eigenvalue weighted by atomic mass is 16.5. The lowest BCUT2D eigenvalue weighted by Crippen LogP contribution is -2.36. The van der Waals surface area contributed by atoms with E-state index in [1.807, 2.05) is 0 Å². The lowest BCUT2D eigenvalue weighted by molar-refractivity contribution is 0.0695. The number of carboxylic acids is 1. The molecule has 2 aliphatic rings. The number of fused-ring (bicyclic) bond motifs is 1. The van der Waals surface area contributed by atoms with E-state index in [0.717, 1.165) is 64.0 Å². The van der Waals surface area contributed by atoms with Gasteiger partial charge < -0.3 is 19.6 Å². The number of carbonyl (C=O) groups is 1. The predicted molar refractivity (Wildman–Crippen MR) is 139 cm³/mol. The Labute approximate surface area is 207 Å². The molecule has 1 aliphatic heterocycles. The van der Waals surface area contributed by atoms with Gasteiger partial charge in [-0.2, -0.15) is 0 Å². The molecule has 1 N–H and O–H groups in total. The molecule has 2 heterocycles. The summed E-state index contributed by atoms with van der Waals surface area (Å²) in [7, 11) is 2.13. The SMILES string of the molecule is CN(c1ccc(N2CCOCC2)cc1)c1ccc2c(c1)CCC[C@H]2CCc1cnccc1C(=O)O. The van der Waals surface area contributed by atoms with Crippen molar-refractivity contribution in [3.63, 3.8) is 0 Å². The van der Waals surface area contributed by atoms with Crippen LogP contribution in [0.15, 0.2) is 60.9 Å². The smallest absolute Gasteiger partial charge is 0.336 e. The molecule has 0 amide bonds. The number of benzene rings is 2. The average molecular weight is 472 g/mol. The van der Waals surface area contributed by atoms with Crippen LogP contribution in [0.4, 0.5) is 17.1 Å². The zero-order valence-electron chi connectivity index (χ0n) is 20.3. The highest BCUT2D eigenvalue weighted by Gasteiger charge is 2.22. The van der Waals surface area contributed by atoms with Crippen molar-refractivity contribution in [1.29, 1.82) is 0 Å². The lowest BCUT2D eigenvalue weighted by atomic mass is 9.79. The van der Waals surface area contributed by atoms with Gasteiger partial charge in [-0.05, 0) is 97.2 Å². The van der Waals surface area contributed by atoms with Crippen molar-refractivity contribution in [3.8, 4) is 0 Å². The number of hydrogen-bond donors (Lipinski definition) is 1. The van der Waals surface area contributed by atoms with Crippen molar-refractivity contribution in [2.24, 2.45) is 0 Å². The second-order valence-corrected chi connectivity index (χ2v) is 9.52. The van der Waals surface area contributed by atoms with Gasteiger partial charge in [-0.25, -0.2) is 4.79 Å². The summed E-state index contributed by atoms with van der Waals surface area (Å²) in [4.78, 5) is 20.3. The van der Waals surface area contributed by atoms with E-state index < -0.39 is 5.97 Å². The van der Waals surface area contributed by atoms with Crippen LogP contribution in [0.2, 0.25) is 0 Å². The van der Waals surface area contributed by atoms with Crippen LogP contribution in [0, 0.1) is 0 Å². The number of ether oxygens (including phenoxy) is 1. The largest absolute Gasteiger partial charge is 0.478 e. The minimum atomic E-state index is -0.878. The molecule has 1 aromatic heterocycles. The number of aromatic nitrogens is 1. The molecule has 0 radical (unpaired) electrons. The highest BCUT2D eigenvalue weighted by Crippen LogP contribution is 2.38. The molecule has 0 bridgehead atoms. The van der Waals surface area contributed by atoms with Crippen molar-refractivity contribution in [3.05, 3.63) is 83.2 Å². The van der Waals surface area contributed by atoms with E-state index in [9.17, 15) is 9.90 Å². The molecule has 0 saturated carbocycles. The molecular weight excluding hydrogens is 438 g/mol. The predicted octanol–water partition coefficient (Wildman–Crippen LogP) is 5.44. The third kappa shape index (κ3) is 5.17. The Balaban J connectivity index is 1.29. The summed E-state index contributed by atoms with van der Waals surface area (Å²) in [6.45, 7) is 3.47. The Bertz CT molecular complexity index is 1170. The van der Waals surface area contributed by atoms with Crippen molar-refractivity contribution in [1.82, 2.24) is 4.98 Å². The van der Waals surface area contributed by atoms with E-state index in [1.54, 1.807) is 18.5 Å². The fourth-order valence-corrected chi connectivity index (χ4v) is 5.43. The maximum absolute atomic E-state index is 11.5. The van der Waals surface area contributed by atoms with Gasteiger partial charge in [0.15, 0.2) is 0 Å². The topological polar surface area (TPSA) is 65.9 Å². The van der Waals surface area contributed by atoms with E-state index in [-0.39, 0.29) is 0 Å². The van der Waals surface area contributed by atoms with Crippen molar-refractivity contribution < 1.29 is 14.6 Å². The van der Waals surface area contributed by atoms with E-state index in [1.165, 1.54) is 28.2 Å². The maximum Gasteiger partial charge on any atom is 0.336 e. The fourth-order valence-electron chi connectivity index (χ4n) is 5.43. The van der Waals surface area contributed by atoms with Gasteiger partial charge in [0.05, 0.1) is 18.8 Å². The van der Waals surface area contributed by atoms with Crippen LogP contribution in [0.1, 0.15) is 52.2 Å². The van der Waals surface area contributed by atoms with E-state index >= 15 is 0 Å². The molecule has 0 spiro atoms. The van der Waals surface area contributed by atoms with Gasteiger partial charge in [0.25, 0.3) is 0 Å². The molecule has 2 aromatic carbocycles. The summed E-state index contributed by atoms with van der Waals surface area (Å²) in [5.41, 5.74) is 7.64. The first kappa shape index (κ1) is 23.4. The molecule has 1 atom stereocenters. The summed E-state index contributed by atoms with van der Waals surface area (Å²) in [6.07, 6.45) is 8.34. The standard InChI is InChI=1S/C29H33N3O3/c1-31(24-7-9-25(10-8-24)32-15-17-35-18-16-32)26-11-12-27-21(3-2-4-22(27)19-26)5-6-23-20-30-14-13-28(23)29(33)34/h7-14,19-21H,2-6,15-18H2,1H3,(H,33,34)/t21-/m0/s1. The molecule has 0 unspecified atom stereocenters. The Kier molecular flexibility index (Phi) is 7.00. The monoisotopic (exact) mass is 471 g/mol. The summed E-state index contributed by atoms with van der Waals surface area (Å²) in [5, 5.41) is 9.48. The molecule has 35 heavy (non-hydrogen) atoms. The van der Waals surface area contributed by atoms with Gasteiger partial charge in [-0.3, -0.25) is 4.98 Å². The second kappa shape index (κ2) is 10.5. The van der Waals surface area contributed by atoms with Crippen LogP contribution < -0.4 is 9.80 Å². The number of nitrogens with zero attached hydrogens (tertiary/aromatic N) is 3. The number of morpholine rings is 1. The Hall–Kier alpha value is -3.38. The second-order valence-electron chi connectivity index (χ2n) is 9.52. The normalized spacial score (nSPS) is 17.6. The van der Waals surface area contributed by atoms with Crippen LogP contribution in [-0.2, 0) is 17.6 Å². The van der Waals surface area contributed by atoms with Crippen LogP contribution >= 0.6 is 0 Å². The zero-order chi connectivity index (χ0) is 24.2. The lowest BCUT2D eigenvalue weighted by Gasteiger charge is -2.30. The molecule has 1 saturated heterocycles. The fraction of sp³-hybridized carbons (Fsp3) is 0.379. The molecular formula is C29H33N3O3. The van der Waals surface area contributed by atoms with Crippen LogP contribution in [0.3, 0.4) is 0 Å². The quantitative estimate of drug-likeness (QED) is 0.495. The first-order valence-electron chi connectivity index (χ1n) is 12.6. The van der Waals surface area contributed by atoms with E-state index in [2.05, 4.69) is 64.3 Å². The molecule has 1 fully saturated rings. The molecule has 1 aliphatic carbocycles. The number of hydrogen-bond acceptors (Lipinski definition) is 5. The summed E-state index contributed by atoms with van der Waals surface area (Å²) in [6, 6.07) is 17.2. The maximum atomic E-state index is 11.5. The van der Waals surface area contributed by atoms with Crippen molar-refractivity contribution in [2.45, 2.75) is 38.0 Å². The molecule has 182 valence electrons. The van der Waals surface area contributed by atoms with Crippen LogP contribution in [-0.4, -0.2) is 49.4 Å². The number of aryl methyl sites for hydroxylation is 2. The third-order valence-electron chi connectivity index (χ3n) is 7.46. The third-order valence-corrected chi connectivity index (χ3v) is 7.46. The Morgan fingerprint density at radius 3 is 2.66 bits per heavy atom. The van der Waals surface area contributed by atoms with Crippen molar-refractivity contribution >= 4 is 23.0 Å². The van der Waals surface area contributed by atoms with Crippen molar-refractivity contribution in [2.75, 3.05) is 43.2 Å². The highest BCUT2D eigenvalue weighted by molar-refractivity contribution is 5.89. The van der Waals surface area contributed by atoms with E-state index in [0.29, 0.717) is 11.5 Å². The zero-order valence-corrected chi connectivity index (χ0v) is 20.3. The van der Waals surface area contributed by atoms with Gasteiger partial charge in [-0.1, -0.05) is 6.07 Å². The van der Waals surface area contributed by atoms with E-state index in [4.69, 9.17) is 4.74 Å². The molecule has 5 rings (SSSR count). The average Bonchev–Trinajstić information content (AvgIpc) is 2.92. The summed E-state index contributed by atoms with van der Waals surface area (Å²) in [5.74, 6) is -0.426. The number of carboxylic acid groups (broad SMARTS) is 1.